The number of anilines is 1. The fourth-order valence-corrected chi connectivity index (χ4v) is 4.32. The lowest BCUT2D eigenvalue weighted by Crippen LogP contribution is -2.51. The van der Waals surface area contributed by atoms with E-state index in [0.717, 1.165) is 23.7 Å². The summed E-state index contributed by atoms with van der Waals surface area (Å²) in [4.78, 5) is 17.2. The molecule has 32 heavy (non-hydrogen) atoms. The monoisotopic (exact) mass is 449 g/mol. The number of piperazine rings is 1. The van der Waals surface area contributed by atoms with Crippen molar-refractivity contribution in [1.29, 1.82) is 0 Å². The fraction of sp³-hybridized carbons (Fsp3) is 0.269. The molecule has 0 aliphatic carbocycles. The van der Waals surface area contributed by atoms with E-state index in [1.165, 1.54) is 11.1 Å². The first-order valence-electron chi connectivity index (χ1n) is 10.8. The first kappa shape index (κ1) is 22.2. The third-order valence-corrected chi connectivity index (χ3v) is 6.12. The standard InChI is InChI=1S/C26H28ClN3O2/c1-19-8-13-24(32-2)23(18-19)28-26(31)30-16-14-29(15-17-30)25(20-6-4-3-5-7-20)21-9-11-22(27)12-10-21/h3-13,18,25H,14-17H2,1-2H3,(H,28,31)/t25-/m0/s1. The van der Waals surface area contributed by atoms with E-state index in [4.69, 9.17) is 16.3 Å². The summed E-state index contributed by atoms with van der Waals surface area (Å²) in [6.45, 7) is 4.85. The van der Waals surface area contributed by atoms with E-state index < -0.39 is 0 Å². The molecule has 2 amide bonds. The summed E-state index contributed by atoms with van der Waals surface area (Å²) in [7, 11) is 1.61. The average molecular weight is 450 g/mol. The van der Waals surface area contributed by atoms with Crippen LogP contribution in [-0.4, -0.2) is 49.1 Å². The number of urea groups is 1. The van der Waals surface area contributed by atoms with E-state index in [1.54, 1.807) is 7.11 Å². The largest absolute Gasteiger partial charge is 0.495 e. The number of halogens is 1. The van der Waals surface area contributed by atoms with Crippen molar-refractivity contribution in [3.05, 3.63) is 94.5 Å². The molecule has 5 nitrogen and oxygen atoms in total. The van der Waals surface area contributed by atoms with E-state index in [-0.39, 0.29) is 12.1 Å². The van der Waals surface area contributed by atoms with Gasteiger partial charge in [-0.1, -0.05) is 60.1 Å². The molecule has 1 saturated heterocycles. The Bertz CT molecular complexity index is 1050. The summed E-state index contributed by atoms with van der Waals surface area (Å²) < 4.78 is 5.39. The highest BCUT2D eigenvalue weighted by molar-refractivity contribution is 6.30. The zero-order chi connectivity index (χ0) is 22.5. The second-order valence-electron chi connectivity index (χ2n) is 8.02. The van der Waals surface area contributed by atoms with E-state index >= 15 is 0 Å². The number of carbonyl (C=O) groups is 1. The molecule has 0 spiro atoms. The Balaban J connectivity index is 1.47. The van der Waals surface area contributed by atoms with Crippen LogP contribution in [0.5, 0.6) is 5.75 Å². The molecule has 166 valence electrons. The highest BCUT2D eigenvalue weighted by Crippen LogP contribution is 2.31. The van der Waals surface area contributed by atoms with Gasteiger partial charge in [-0.25, -0.2) is 4.79 Å². The Morgan fingerprint density at radius 1 is 0.938 bits per heavy atom. The maximum absolute atomic E-state index is 12.9. The number of nitrogens with zero attached hydrogens (tertiary/aromatic N) is 2. The van der Waals surface area contributed by atoms with Crippen molar-refractivity contribution in [3.63, 3.8) is 0 Å². The number of ether oxygens (including phenoxy) is 1. The number of amides is 2. The van der Waals surface area contributed by atoms with Crippen LogP contribution in [0.1, 0.15) is 22.7 Å². The van der Waals surface area contributed by atoms with Crippen molar-refractivity contribution >= 4 is 23.3 Å². The topological polar surface area (TPSA) is 44.8 Å². The lowest BCUT2D eigenvalue weighted by molar-refractivity contribution is 0.126. The maximum Gasteiger partial charge on any atom is 0.322 e. The minimum atomic E-state index is -0.101. The summed E-state index contributed by atoms with van der Waals surface area (Å²) >= 11 is 6.13. The minimum Gasteiger partial charge on any atom is -0.495 e. The van der Waals surface area contributed by atoms with E-state index in [9.17, 15) is 4.79 Å². The van der Waals surface area contributed by atoms with Crippen LogP contribution in [0, 0.1) is 6.92 Å². The van der Waals surface area contributed by atoms with Gasteiger partial charge in [0.2, 0.25) is 0 Å². The van der Waals surface area contributed by atoms with Gasteiger partial charge in [0.1, 0.15) is 5.75 Å². The smallest absolute Gasteiger partial charge is 0.322 e. The number of methoxy groups -OCH3 is 1. The summed E-state index contributed by atoms with van der Waals surface area (Å²) in [5.41, 5.74) is 4.20. The first-order chi connectivity index (χ1) is 15.5. The minimum absolute atomic E-state index is 0.101. The molecule has 1 N–H and O–H groups in total. The Kier molecular flexibility index (Phi) is 6.98. The molecule has 1 heterocycles. The Morgan fingerprint density at radius 2 is 1.59 bits per heavy atom. The van der Waals surface area contributed by atoms with Gasteiger partial charge >= 0.3 is 6.03 Å². The highest BCUT2D eigenvalue weighted by Gasteiger charge is 2.28. The van der Waals surface area contributed by atoms with Gasteiger partial charge in [-0.05, 0) is 47.9 Å². The van der Waals surface area contributed by atoms with Crippen molar-refractivity contribution in [2.45, 2.75) is 13.0 Å². The molecule has 1 fully saturated rings. The number of carbonyl (C=O) groups excluding carboxylic acids is 1. The quantitative estimate of drug-likeness (QED) is 0.551. The number of rotatable bonds is 5. The molecule has 0 radical (unpaired) electrons. The van der Waals surface area contributed by atoms with E-state index in [1.807, 2.05) is 48.2 Å². The van der Waals surface area contributed by atoms with Gasteiger partial charge in [0.25, 0.3) is 0 Å². The fourth-order valence-electron chi connectivity index (χ4n) is 4.19. The summed E-state index contributed by atoms with van der Waals surface area (Å²) in [6.07, 6.45) is 0. The molecule has 0 aromatic heterocycles. The second-order valence-corrected chi connectivity index (χ2v) is 8.46. The molecular weight excluding hydrogens is 422 g/mol. The normalized spacial score (nSPS) is 15.3. The SMILES string of the molecule is COc1ccc(C)cc1NC(=O)N1CCN([C@@H](c2ccccc2)c2ccc(Cl)cc2)CC1. The summed E-state index contributed by atoms with van der Waals surface area (Å²) in [6, 6.07) is 24.3. The highest BCUT2D eigenvalue weighted by atomic mass is 35.5. The Morgan fingerprint density at radius 3 is 2.25 bits per heavy atom. The van der Waals surface area contributed by atoms with Gasteiger partial charge in [-0.15, -0.1) is 0 Å². The van der Waals surface area contributed by atoms with Crippen LogP contribution >= 0.6 is 11.6 Å². The van der Waals surface area contributed by atoms with Crippen LogP contribution in [0.4, 0.5) is 10.5 Å². The van der Waals surface area contributed by atoms with Crippen molar-refractivity contribution in [1.82, 2.24) is 9.80 Å². The number of benzene rings is 3. The van der Waals surface area contributed by atoms with Gasteiger partial charge in [0.15, 0.2) is 0 Å². The molecule has 0 unspecified atom stereocenters. The molecule has 1 aliphatic rings. The molecule has 4 rings (SSSR count). The van der Waals surface area contributed by atoms with Crippen LogP contribution in [0.2, 0.25) is 5.02 Å². The van der Waals surface area contributed by atoms with Crippen LogP contribution in [-0.2, 0) is 0 Å². The summed E-state index contributed by atoms with van der Waals surface area (Å²) in [5.74, 6) is 0.662. The summed E-state index contributed by atoms with van der Waals surface area (Å²) in [5, 5.41) is 3.74. The van der Waals surface area contributed by atoms with Crippen molar-refractivity contribution in [2.75, 3.05) is 38.6 Å². The molecule has 3 aromatic rings. The molecule has 1 atom stereocenters. The second kappa shape index (κ2) is 10.1. The third-order valence-electron chi connectivity index (χ3n) is 5.86. The molecule has 3 aromatic carbocycles. The predicted molar refractivity (Wildman–Crippen MR) is 130 cm³/mol. The molecule has 0 bridgehead atoms. The Hall–Kier alpha value is -3.02. The van der Waals surface area contributed by atoms with Crippen LogP contribution in [0.25, 0.3) is 0 Å². The third kappa shape index (κ3) is 5.06. The van der Waals surface area contributed by atoms with Crippen LogP contribution in [0.15, 0.2) is 72.8 Å². The molecule has 0 saturated carbocycles. The average Bonchev–Trinajstić information content (AvgIpc) is 2.82. The maximum atomic E-state index is 12.9. The predicted octanol–water partition coefficient (Wildman–Crippen LogP) is 5.60. The van der Waals surface area contributed by atoms with Gasteiger partial charge < -0.3 is 15.0 Å². The van der Waals surface area contributed by atoms with Crippen molar-refractivity contribution in [2.24, 2.45) is 0 Å². The molecule has 1 aliphatic heterocycles. The molecular formula is C26H28ClN3O2. The van der Waals surface area contributed by atoms with Crippen molar-refractivity contribution in [3.8, 4) is 5.75 Å². The van der Waals surface area contributed by atoms with Crippen LogP contribution in [0.3, 0.4) is 0 Å². The zero-order valence-electron chi connectivity index (χ0n) is 18.4. The number of hydrogen-bond donors (Lipinski definition) is 1. The number of hydrogen-bond acceptors (Lipinski definition) is 3. The number of aryl methyl sites for hydroxylation is 1. The lowest BCUT2D eigenvalue weighted by atomic mass is 9.96. The molecule has 6 heteroatoms. The Labute approximate surface area is 194 Å². The van der Waals surface area contributed by atoms with E-state index in [0.29, 0.717) is 24.5 Å². The zero-order valence-corrected chi connectivity index (χ0v) is 19.2. The van der Waals surface area contributed by atoms with Gasteiger partial charge in [-0.2, -0.15) is 0 Å². The van der Waals surface area contributed by atoms with Crippen molar-refractivity contribution < 1.29 is 9.53 Å². The van der Waals surface area contributed by atoms with Gasteiger partial charge in [-0.3, -0.25) is 4.90 Å². The van der Waals surface area contributed by atoms with E-state index in [2.05, 4.69) is 46.6 Å². The first-order valence-corrected chi connectivity index (χ1v) is 11.2. The van der Waals surface area contributed by atoms with Gasteiger partial charge in [0.05, 0.1) is 18.8 Å². The van der Waals surface area contributed by atoms with Crippen LogP contribution < -0.4 is 10.1 Å². The number of nitrogens with one attached hydrogen (secondary N) is 1. The van der Waals surface area contributed by atoms with Gasteiger partial charge in [0, 0.05) is 31.2 Å². The lowest BCUT2D eigenvalue weighted by Gasteiger charge is -2.39.